The molecule has 0 spiro atoms. The van der Waals surface area contributed by atoms with E-state index in [2.05, 4.69) is 25.7 Å². The molecule has 4 aliphatic carbocycles. The molecule has 6 heteroatoms. The van der Waals surface area contributed by atoms with Crippen molar-refractivity contribution < 1.29 is 4.79 Å². The molecule has 1 aromatic carbocycles. The number of nitrogens with zero attached hydrogens (tertiary/aromatic N) is 2. The van der Waals surface area contributed by atoms with Gasteiger partial charge in [0.25, 0.3) is 5.91 Å². The Hall–Kier alpha value is -2.89. The third kappa shape index (κ3) is 2.81. The molecule has 7 rings (SSSR count). The Morgan fingerprint density at radius 1 is 1.14 bits per heavy atom. The summed E-state index contributed by atoms with van der Waals surface area (Å²) >= 11 is 0. The first-order valence-corrected chi connectivity index (χ1v) is 10.6. The Labute approximate surface area is 169 Å². The van der Waals surface area contributed by atoms with Crippen LogP contribution in [0, 0.1) is 17.8 Å². The summed E-state index contributed by atoms with van der Waals surface area (Å²) in [5.74, 6) is 2.32. The Morgan fingerprint density at radius 3 is 2.62 bits per heavy atom. The van der Waals surface area contributed by atoms with Crippen LogP contribution in [0.2, 0.25) is 0 Å². The number of hydrogen-bond acceptors (Lipinski definition) is 3. The van der Waals surface area contributed by atoms with Crippen LogP contribution in [0.3, 0.4) is 0 Å². The summed E-state index contributed by atoms with van der Waals surface area (Å²) in [5.41, 5.74) is 6.41. The Balaban J connectivity index is 1.18. The normalized spacial score (nSPS) is 30.4. The maximum absolute atomic E-state index is 12.6. The van der Waals surface area contributed by atoms with Gasteiger partial charge in [0.15, 0.2) is 5.69 Å². The van der Waals surface area contributed by atoms with Crippen molar-refractivity contribution in [2.45, 2.75) is 43.9 Å². The summed E-state index contributed by atoms with van der Waals surface area (Å²) in [6, 6.07) is 9.98. The Morgan fingerprint density at radius 2 is 1.86 bits per heavy atom. The second kappa shape index (κ2) is 6.31. The van der Waals surface area contributed by atoms with Gasteiger partial charge in [0.05, 0.1) is 6.21 Å². The largest absolute Gasteiger partial charge is 0.361 e. The van der Waals surface area contributed by atoms with E-state index in [0.717, 1.165) is 39.9 Å². The molecule has 0 radical (unpaired) electrons. The lowest BCUT2D eigenvalue weighted by molar-refractivity contribution is -0.00721. The summed E-state index contributed by atoms with van der Waals surface area (Å²) in [6.07, 6.45) is 11.5. The molecule has 0 aliphatic heterocycles. The molecule has 4 fully saturated rings. The molecular formula is C23H25N5O. The van der Waals surface area contributed by atoms with Gasteiger partial charge in [-0.25, -0.2) is 5.43 Å². The number of carbonyl (C=O) groups is 1. The Kier molecular flexibility index (Phi) is 3.70. The Bertz CT molecular complexity index is 1070. The second-order valence-corrected chi connectivity index (χ2v) is 9.35. The van der Waals surface area contributed by atoms with E-state index in [4.69, 9.17) is 0 Å². The summed E-state index contributed by atoms with van der Waals surface area (Å²) < 4.78 is 0. The van der Waals surface area contributed by atoms with Gasteiger partial charge < -0.3 is 4.98 Å². The summed E-state index contributed by atoms with van der Waals surface area (Å²) in [5, 5.41) is 12.7. The number of aromatic amines is 2. The highest BCUT2D eigenvalue weighted by atomic mass is 16.2. The predicted molar refractivity (Wildman–Crippen MR) is 112 cm³/mol. The third-order valence-corrected chi connectivity index (χ3v) is 7.41. The number of amides is 1. The fourth-order valence-electron chi connectivity index (χ4n) is 6.57. The summed E-state index contributed by atoms with van der Waals surface area (Å²) in [4.78, 5) is 15.8. The molecule has 3 aromatic rings. The number of benzene rings is 1. The van der Waals surface area contributed by atoms with Gasteiger partial charge in [-0.05, 0) is 68.4 Å². The molecule has 2 heterocycles. The minimum atomic E-state index is -0.270. The monoisotopic (exact) mass is 387 g/mol. The predicted octanol–water partition coefficient (Wildman–Crippen LogP) is 4.12. The van der Waals surface area contributed by atoms with Gasteiger partial charge in [0.2, 0.25) is 0 Å². The van der Waals surface area contributed by atoms with Gasteiger partial charge in [-0.2, -0.15) is 10.2 Å². The molecule has 0 saturated heterocycles. The molecule has 0 unspecified atom stereocenters. The summed E-state index contributed by atoms with van der Waals surface area (Å²) in [7, 11) is 0. The molecular weight excluding hydrogens is 362 g/mol. The van der Waals surface area contributed by atoms with Gasteiger partial charge in [-0.1, -0.05) is 18.2 Å². The number of hydrogen-bond donors (Lipinski definition) is 3. The topological polar surface area (TPSA) is 85.9 Å². The van der Waals surface area contributed by atoms with Crippen LogP contribution in [0.15, 0.2) is 41.6 Å². The van der Waals surface area contributed by atoms with E-state index in [1.165, 1.54) is 38.5 Å². The van der Waals surface area contributed by atoms with E-state index in [-0.39, 0.29) is 11.3 Å². The van der Waals surface area contributed by atoms with Crippen molar-refractivity contribution in [1.82, 2.24) is 20.6 Å². The molecule has 0 atom stereocenters. The van der Waals surface area contributed by atoms with Crippen molar-refractivity contribution >= 4 is 23.0 Å². The molecule has 1 amide bonds. The first kappa shape index (κ1) is 17.0. The maximum Gasteiger partial charge on any atom is 0.291 e. The molecule has 4 aliphatic rings. The standard InChI is InChI=1S/C23H25N5O/c29-22(28-25-13-17-12-24-19-4-2-1-3-18(17)19)20-8-21(27-26-20)23-9-14-5-15(10-23)7-16(6-14)11-23/h1-4,8,12-16,24H,5-7,9-11H2,(H,26,27)(H,28,29). The average Bonchev–Trinajstić information content (AvgIpc) is 3.35. The number of hydrazone groups is 1. The highest BCUT2D eigenvalue weighted by Crippen LogP contribution is 2.60. The lowest BCUT2D eigenvalue weighted by atomic mass is 9.49. The zero-order valence-electron chi connectivity index (χ0n) is 16.3. The minimum absolute atomic E-state index is 0.216. The zero-order valence-corrected chi connectivity index (χ0v) is 16.3. The minimum Gasteiger partial charge on any atom is -0.361 e. The van der Waals surface area contributed by atoms with E-state index in [1.54, 1.807) is 6.21 Å². The van der Waals surface area contributed by atoms with Gasteiger partial charge >= 0.3 is 0 Å². The molecule has 4 bridgehead atoms. The molecule has 3 N–H and O–H groups in total. The number of aromatic nitrogens is 3. The molecule has 4 saturated carbocycles. The fraction of sp³-hybridized carbons (Fsp3) is 0.435. The van der Waals surface area contributed by atoms with Crippen molar-refractivity contribution in [2.24, 2.45) is 22.9 Å². The van der Waals surface area contributed by atoms with E-state index < -0.39 is 0 Å². The molecule has 29 heavy (non-hydrogen) atoms. The number of fused-ring (bicyclic) bond motifs is 1. The van der Waals surface area contributed by atoms with Crippen LogP contribution in [0.5, 0.6) is 0 Å². The smallest absolute Gasteiger partial charge is 0.291 e. The van der Waals surface area contributed by atoms with E-state index >= 15 is 0 Å². The number of rotatable bonds is 4. The number of nitrogens with one attached hydrogen (secondary N) is 3. The number of para-hydroxylation sites is 1. The van der Waals surface area contributed by atoms with Crippen LogP contribution in [-0.2, 0) is 5.41 Å². The number of H-pyrrole nitrogens is 2. The van der Waals surface area contributed by atoms with Crippen molar-refractivity contribution in [3.05, 3.63) is 53.5 Å². The van der Waals surface area contributed by atoms with E-state index in [9.17, 15) is 4.79 Å². The third-order valence-electron chi connectivity index (χ3n) is 7.41. The fourth-order valence-corrected chi connectivity index (χ4v) is 6.57. The van der Waals surface area contributed by atoms with E-state index in [1.807, 2.05) is 36.5 Å². The molecule has 2 aromatic heterocycles. The van der Waals surface area contributed by atoms with Crippen molar-refractivity contribution in [3.63, 3.8) is 0 Å². The van der Waals surface area contributed by atoms with Crippen LogP contribution in [0.25, 0.3) is 10.9 Å². The van der Waals surface area contributed by atoms with Gasteiger partial charge in [-0.3, -0.25) is 9.89 Å². The second-order valence-electron chi connectivity index (χ2n) is 9.35. The highest BCUT2D eigenvalue weighted by molar-refractivity contribution is 5.99. The van der Waals surface area contributed by atoms with Crippen LogP contribution >= 0.6 is 0 Å². The number of carbonyl (C=O) groups excluding carboxylic acids is 1. The SMILES string of the molecule is O=C(NN=Cc1c[nH]c2ccccc12)c1cc(C23CC4CC(CC(C4)C2)C3)[nH]n1. The van der Waals surface area contributed by atoms with Gasteiger partial charge in [-0.15, -0.1) is 0 Å². The quantitative estimate of drug-likeness (QED) is 0.464. The van der Waals surface area contributed by atoms with Gasteiger partial charge in [0, 0.05) is 33.8 Å². The first-order valence-electron chi connectivity index (χ1n) is 10.6. The first-order chi connectivity index (χ1) is 14.2. The van der Waals surface area contributed by atoms with Crippen LogP contribution < -0.4 is 5.43 Å². The lowest BCUT2D eigenvalue weighted by Gasteiger charge is -2.56. The zero-order chi connectivity index (χ0) is 19.4. The highest BCUT2D eigenvalue weighted by Gasteiger charge is 2.52. The van der Waals surface area contributed by atoms with Crippen molar-refractivity contribution in [2.75, 3.05) is 0 Å². The van der Waals surface area contributed by atoms with E-state index in [0.29, 0.717) is 5.69 Å². The van der Waals surface area contributed by atoms with Crippen LogP contribution in [-0.4, -0.2) is 27.3 Å². The van der Waals surface area contributed by atoms with Crippen LogP contribution in [0.4, 0.5) is 0 Å². The van der Waals surface area contributed by atoms with Crippen LogP contribution in [0.1, 0.15) is 60.3 Å². The van der Waals surface area contributed by atoms with Gasteiger partial charge in [0.1, 0.15) is 0 Å². The molecule has 148 valence electrons. The molecule has 6 nitrogen and oxygen atoms in total. The van der Waals surface area contributed by atoms with Crippen molar-refractivity contribution in [3.8, 4) is 0 Å². The summed E-state index contributed by atoms with van der Waals surface area (Å²) in [6.45, 7) is 0. The maximum atomic E-state index is 12.6. The van der Waals surface area contributed by atoms with Crippen molar-refractivity contribution in [1.29, 1.82) is 0 Å². The lowest BCUT2D eigenvalue weighted by Crippen LogP contribution is -2.48. The average molecular weight is 387 g/mol.